The lowest BCUT2D eigenvalue weighted by Crippen LogP contribution is -2.39. The zero-order valence-electron chi connectivity index (χ0n) is 14.2. The summed E-state index contributed by atoms with van der Waals surface area (Å²) in [5.41, 5.74) is 1.95. The largest absolute Gasteiger partial charge is 0.342 e. The second-order valence-corrected chi connectivity index (χ2v) is 6.55. The molecule has 1 aromatic carbocycles. The van der Waals surface area contributed by atoms with Gasteiger partial charge < -0.3 is 14.4 Å². The van der Waals surface area contributed by atoms with E-state index in [9.17, 15) is 4.79 Å². The third-order valence-electron chi connectivity index (χ3n) is 4.70. The molecule has 0 spiro atoms. The van der Waals surface area contributed by atoms with Gasteiger partial charge in [0.1, 0.15) is 5.82 Å². The topological polar surface area (TPSA) is 87.9 Å². The van der Waals surface area contributed by atoms with E-state index >= 15 is 0 Å². The molecule has 1 amide bonds. The number of rotatable bonds is 4. The number of aromatic nitrogens is 4. The van der Waals surface area contributed by atoms with E-state index in [0.717, 1.165) is 36.2 Å². The van der Waals surface area contributed by atoms with Gasteiger partial charge in [-0.1, -0.05) is 17.3 Å². The first-order valence-electron chi connectivity index (χ1n) is 8.70. The van der Waals surface area contributed by atoms with Crippen LogP contribution in [0.25, 0.3) is 11.0 Å². The minimum atomic E-state index is 0.158. The molecule has 0 radical (unpaired) electrons. The summed E-state index contributed by atoms with van der Waals surface area (Å²) in [4.78, 5) is 26.6. The van der Waals surface area contributed by atoms with E-state index in [2.05, 4.69) is 20.1 Å². The van der Waals surface area contributed by atoms with Gasteiger partial charge in [0, 0.05) is 38.8 Å². The third kappa shape index (κ3) is 3.40. The van der Waals surface area contributed by atoms with Crippen LogP contribution < -0.4 is 0 Å². The molecule has 2 aromatic heterocycles. The maximum absolute atomic E-state index is 12.6. The Kier molecular flexibility index (Phi) is 4.21. The number of fused-ring (bicyclic) bond motifs is 1. The minimum Gasteiger partial charge on any atom is -0.342 e. The fraction of sp³-hybridized carbons (Fsp3) is 0.444. The van der Waals surface area contributed by atoms with Crippen molar-refractivity contribution in [3.05, 3.63) is 41.8 Å². The number of benzene rings is 1. The zero-order chi connectivity index (χ0) is 17.2. The van der Waals surface area contributed by atoms with Crippen LogP contribution in [0.5, 0.6) is 0 Å². The molecule has 0 aliphatic carbocycles. The number of H-pyrrole nitrogens is 1. The molecule has 1 N–H and O–H groups in total. The highest BCUT2D eigenvalue weighted by Gasteiger charge is 2.27. The van der Waals surface area contributed by atoms with Crippen molar-refractivity contribution in [2.24, 2.45) is 0 Å². The number of carbonyl (C=O) groups excluding carboxylic acids is 1. The molecule has 1 saturated heterocycles. The number of nitrogens with zero attached hydrogens (tertiary/aromatic N) is 4. The molecule has 0 saturated carbocycles. The summed E-state index contributed by atoms with van der Waals surface area (Å²) < 4.78 is 5.07. The lowest BCUT2D eigenvalue weighted by Gasteiger charge is -2.31. The lowest BCUT2D eigenvalue weighted by molar-refractivity contribution is -0.132. The number of aromatic amines is 1. The van der Waals surface area contributed by atoms with Gasteiger partial charge in [0.05, 0.1) is 11.0 Å². The second-order valence-electron chi connectivity index (χ2n) is 6.55. The van der Waals surface area contributed by atoms with Gasteiger partial charge in [-0.05, 0) is 25.0 Å². The van der Waals surface area contributed by atoms with Crippen LogP contribution in [-0.2, 0) is 11.2 Å². The predicted molar refractivity (Wildman–Crippen MR) is 92.0 cm³/mol. The van der Waals surface area contributed by atoms with Gasteiger partial charge in [0.15, 0.2) is 5.82 Å². The van der Waals surface area contributed by atoms with Crippen molar-refractivity contribution in [1.82, 2.24) is 25.0 Å². The standard InChI is InChI=1S/C18H21N5O2/c1-12-19-18(22-25-12)13-5-4-10-23(11-13)17(24)9-8-16-20-14-6-2-3-7-15(14)21-16/h2-3,6-7,13H,4-5,8-11H2,1H3,(H,20,21). The van der Waals surface area contributed by atoms with E-state index in [1.165, 1.54) is 0 Å². The van der Waals surface area contributed by atoms with Crippen LogP contribution >= 0.6 is 0 Å². The fourth-order valence-corrected chi connectivity index (χ4v) is 3.40. The SMILES string of the molecule is Cc1nc(C2CCCN(C(=O)CCc3nc4ccccc4[nH]3)C2)no1. The summed E-state index contributed by atoms with van der Waals surface area (Å²) in [6.07, 6.45) is 3.04. The Labute approximate surface area is 145 Å². The molecule has 0 bridgehead atoms. The number of imidazole rings is 1. The Morgan fingerprint density at radius 3 is 3.04 bits per heavy atom. The van der Waals surface area contributed by atoms with Crippen molar-refractivity contribution < 1.29 is 9.32 Å². The number of hydrogen-bond acceptors (Lipinski definition) is 5. The summed E-state index contributed by atoms with van der Waals surface area (Å²) in [7, 11) is 0. The Morgan fingerprint density at radius 1 is 1.36 bits per heavy atom. The molecular weight excluding hydrogens is 318 g/mol. The average molecular weight is 339 g/mol. The molecule has 1 aliphatic heterocycles. The normalized spacial score (nSPS) is 18.0. The second kappa shape index (κ2) is 6.66. The van der Waals surface area contributed by atoms with Crippen LogP contribution in [0.1, 0.15) is 42.7 Å². The smallest absolute Gasteiger partial charge is 0.223 e. The first kappa shape index (κ1) is 15.8. The molecule has 1 atom stereocenters. The molecule has 1 unspecified atom stereocenters. The predicted octanol–water partition coefficient (Wildman–Crippen LogP) is 2.59. The Balaban J connectivity index is 1.37. The number of piperidine rings is 1. The van der Waals surface area contributed by atoms with Gasteiger partial charge in [0.2, 0.25) is 11.8 Å². The van der Waals surface area contributed by atoms with Crippen LogP contribution in [0.2, 0.25) is 0 Å². The van der Waals surface area contributed by atoms with Crippen LogP contribution in [0.15, 0.2) is 28.8 Å². The van der Waals surface area contributed by atoms with E-state index in [4.69, 9.17) is 4.52 Å². The molecule has 3 heterocycles. The summed E-state index contributed by atoms with van der Waals surface area (Å²) in [6.45, 7) is 3.25. The first-order chi connectivity index (χ1) is 12.2. The third-order valence-corrected chi connectivity index (χ3v) is 4.70. The molecule has 130 valence electrons. The van der Waals surface area contributed by atoms with E-state index < -0.39 is 0 Å². The summed E-state index contributed by atoms with van der Waals surface area (Å²) >= 11 is 0. The van der Waals surface area contributed by atoms with Crippen molar-refractivity contribution in [2.75, 3.05) is 13.1 Å². The monoisotopic (exact) mass is 339 g/mol. The van der Waals surface area contributed by atoms with Crippen molar-refractivity contribution in [3.8, 4) is 0 Å². The minimum absolute atomic E-state index is 0.158. The number of hydrogen-bond donors (Lipinski definition) is 1. The van der Waals surface area contributed by atoms with Crippen molar-refractivity contribution in [3.63, 3.8) is 0 Å². The van der Waals surface area contributed by atoms with Crippen molar-refractivity contribution in [2.45, 2.75) is 38.5 Å². The Morgan fingerprint density at radius 2 is 2.24 bits per heavy atom. The van der Waals surface area contributed by atoms with Gasteiger partial charge in [0.25, 0.3) is 0 Å². The number of aryl methyl sites for hydroxylation is 2. The molecule has 1 fully saturated rings. The average Bonchev–Trinajstić information content (AvgIpc) is 3.25. The van der Waals surface area contributed by atoms with E-state index in [0.29, 0.717) is 31.1 Å². The Hall–Kier alpha value is -2.70. The zero-order valence-corrected chi connectivity index (χ0v) is 14.2. The molecule has 7 nitrogen and oxygen atoms in total. The number of likely N-dealkylation sites (tertiary alicyclic amines) is 1. The number of carbonyl (C=O) groups is 1. The maximum atomic E-state index is 12.6. The van der Waals surface area contributed by atoms with Gasteiger partial charge in [-0.3, -0.25) is 4.79 Å². The highest BCUT2D eigenvalue weighted by atomic mass is 16.5. The van der Waals surface area contributed by atoms with Crippen LogP contribution in [0.3, 0.4) is 0 Å². The van der Waals surface area contributed by atoms with Crippen molar-refractivity contribution in [1.29, 1.82) is 0 Å². The number of para-hydroxylation sites is 2. The van der Waals surface area contributed by atoms with Crippen molar-refractivity contribution >= 4 is 16.9 Å². The molecule has 3 aromatic rings. The molecular formula is C18H21N5O2. The van der Waals surface area contributed by atoms with Crippen LogP contribution in [-0.4, -0.2) is 44.0 Å². The van der Waals surface area contributed by atoms with Crippen LogP contribution in [0, 0.1) is 6.92 Å². The summed E-state index contributed by atoms with van der Waals surface area (Å²) in [5, 5.41) is 4.01. The fourth-order valence-electron chi connectivity index (χ4n) is 3.40. The van der Waals surface area contributed by atoms with E-state index in [-0.39, 0.29) is 11.8 Å². The highest BCUT2D eigenvalue weighted by Crippen LogP contribution is 2.25. The molecule has 7 heteroatoms. The summed E-state index contributed by atoms with van der Waals surface area (Å²) in [5.74, 6) is 2.47. The summed E-state index contributed by atoms with van der Waals surface area (Å²) in [6, 6.07) is 7.91. The number of nitrogens with one attached hydrogen (secondary N) is 1. The molecule has 25 heavy (non-hydrogen) atoms. The van der Waals surface area contributed by atoms with Gasteiger partial charge in [-0.25, -0.2) is 4.98 Å². The van der Waals surface area contributed by atoms with Gasteiger partial charge in [-0.15, -0.1) is 0 Å². The molecule has 1 aliphatic rings. The lowest BCUT2D eigenvalue weighted by atomic mass is 9.97. The Bertz CT molecular complexity index is 851. The van der Waals surface area contributed by atoms with Gasteiger partial charge >= 0.3 is 0 Å². The quantitative estimate of drug-likeness (QED) is 0.789. The van der Waals surface area contributed by atoms with E-state index in [1.807, 2.05) is 29.2 Å². The number of amides is 1. The highest BCUT2D eigenvalue weighted by molar-refractivity contribution is 5.77. The van der Waals surface area contributed by atoms with E-state index in [1.54, 1.807) is 6.92 Å². The maximum Gasteiger partial charge on any atom is 0.223 e. The molecule has 4 rings (SSSR count). The first-order valence-corrected chi connectivity index (χ1v) is 8.70. The van der Waals surface area contributed by atoms with Gasteiger partial charge in [-0.2, -0.15) is 4.98 Å². The van der Waals surface area contributed by atoms with Crippen LogP contribution in [0.4, 0.5) is 0 Å².